The van der Waals surface area contributed by atoms with Crippen molar-refractivity contribution in [2.45, 2.75) is 44.1 Å². The molecule has 1 fully saturated rings. The fraction of sp³-hybridized carbons (Fsp3) is 1.00. The molecule has 1 unspecified atom stereocenters. The Labute approximate surface area is 142 Å². The molecule has 0 bridgehead atoms. The first-order chi connectivity index (χ1) is 11.0. The average molecular weight is 422 g/mol. The van der Waals surface area contributed by atoms with Crippen LogP contribution in [0.25, 0.3) is 0 Å². The second kappa shape index (κ2) is 8.86. The maximum atomic E-state index is 11.5. The number of alkyl halides is 6. The Balaban J connectivity index is 0.000000496. The fourth-order valence-electron chi connectivity index (χ4n) is 1.85. The van der Waals surface area contributed by atoms with E-state index in [1.165, 1.54) is 38.9 Å². The third-order valence-corrected chi connectivity index (χ3v) is 6.14. The number of rotatable bonds is 5. The van der Waals surface area contributed by atoms with Gasteiger partial charge in [0, 0.05) is 6.54 Å². The topological polar surface area (TPSA) is 83.6 Å². The summed E-state index contributed by atoms with van der Waals surface area (Å²) in [6, 6.07) is 0. The van der Waals surface area contributed by atoms with E-state index in [0.717, 1.165) is 5.92 Å². The Kier molecular flexibility index (Phi) is 8.65. The van der Waals surface area contributed by atoms with Gasteiger partial charge in [-0.1, -0.05) is 24.4 Å². The van der Waals surface area contributed by atoms with Gasteiger partial charge >= 0.3 is 31.1 Å². The van der Waals surface area contributed by atoms with Gasteiger partial charge in [-0.05, 0) is 31.8 Å². The Morgan fingerprint density at radius 1 is 1.00 bits per heavy atom. The molecule has 1 saturated heterocycles. The summed E-state index contributed by atoms with van der Waals surface area (Å²) in [5, 5.41) is 0. The summed E-state index contributed by atoms with van der Waals surface area (Å²) in [7, 11) is -13.2. The summed E-state index contributed by atoms with van der Waals surface area (Å²) in [4.78, 5) is 2.59. The van der Waals surface area contributed by atoms with E-state index >= 15 is 0 Å². The van der Waals surface area contributed by atoms with Crippen molar-refractivity contribution in [3.05, 3.63) is 0 Å². The SMILES string of the molecule is CCCCN1CCC(C)C1.O=S(=O)(NS(=O)(=O)C(F)(F)F)C(F)(F)F. The average Bonchev–Trinajstić information content (AvgIpc) is 2.79. The minimum atomic E-state index is -6.60. The van der Waals surface area contributed by atoms with E-state index in [1.807, 2.05) is 0 Å². The lowest BCUT2D eigenvalue weighted by atomic mass is 10.2. The zero-order valence-corrected chi connectivity index (χ0v) is 15.1. The largest absolute Gasteiger partial charge is 0.512 e. The minimum Gasteiger partial charge on any atom is -0.303 e. The molecule has 1 aliphatic rings. The normalized spacial score (nSPS) is 20.2. The molecule has 0 aromatic carbocycles. The maximum Gasteiger partial charge on any atom is 0.512 e. The summed E-state index contributed by atoms with van der Waals surface area (Å²) in [6.07, 6.45) is 4.14. The molecule has 1 atom stereocenters. The van der Waals surface area contributed by atoms with Crippen LogP contribution in [0, 0.1) is 5.92 Å². The van der Waals surface area contributed by atoms with E-state index in [9.17, 15) is 43.2 Å². The van der Waals surface area contributed by atoms with E-state index in [2.05, 4.69) is 18.7 Å². The van der Waals surface area contributed by atoms with E-state index < -0.39 is 35.2 Å². The standard InChI is InChI=1S/C9H19N.C2HF6NO4S2/c1-3-4-6-10-7-5-9(2)8-10;3-1(4,5)14(10,11)9-15(12,13)2(6,7)8/h9H,3-8H2,1-2H3;9H. The highest BCUT2D eigenvalue weighted by Gasteiger charge is 2.55. The first kappa shape index (κ1) is 24.4. The molecule has 1 rings (SSSR count). The number of likely N-dealkylation sites (tertiary alicyclic amines) is 1. The monoisotopic (exact) mass is 422 g/mol. The first-order valence-corrected chi connectivity index (χ1v) is 10.1. The molecule has 6 nitrogen and oxygen atoms in total. The summed E-state index contributed by atoms with van der Waals surface area (Å²) < 4.78 is 108. The molecule has 0 amide bonds. The molecule has 152 valence electrons. The highest BCUT2D eigenvalue weighted by atomic mass is 32.3. The third kappa shape index (κ3) is 8.09. The predicted octanol–water partition coefficient (Wildman–Crippen LogP) is 2.40. The molecule has 0 aromatic heterocycles. The molecule has 0 spiro atoms. The zero-order chi connectivity index (χ0) is 20.1. The Morgan fingerprint density at radius 3 is 1.72 bits per heavy atom. The lowest BCUT2D eigenvalue weighted by Gasteiger charge is -2.13. The highest BCUT2D eigenvalue weighted by Crippen LogP contribution is 2.27. The molecule has 1 aliphatic heterocycles. The predicted molar refractivity (Wildman–Crippen MR) is 78.2 cm³/mol. The van der Waals surface area contributed by atoms with Crippen molar-refractivity contribution < 1.29 is 43.2 Å². The van der Waals surface area contributed by atoms with Gasteiger partial charge in [-0.2, -0.15) is 26.3 Å². The number of nitrogens with one attached hydrogen (secondary N) is 1. The maximum absolute atomic E-state index is 11.5. The van der Waals surface area contributed by atoms with Gasteiger partial charge < -0.3 is 4.90 Å². The summed E-state index contributed by atoms with van der Waals surface area (Å²) >= 11 is 0. The number of hydrogen-bond donors (Lipinski definition) is 1. The van der Waals surface area contributed by atoms with Crippen molar-refractivity contribution in [1.82, 2.24) is 9.03 Å². The van der Waals surface area contributed by atoms with Gasteiger partial charge in [0.25, 0.3) is 0 Å². The van der Waals surface area contributed by atoms with Crippen LogP contribution in [0.1, 0.15) is 33.1 Å². The number of sulfonamides is 2. The smallest absolute Gasteiger partial charge is 0.303 e. The quantitative estimate of drug-likeness (QED) is 0.688. The summed E-state index contributed by atoms with van der Waals surface area (Å²) in [5.41, 5.74) is -12.3. The van der Waals surface area contributed by atoms with Crippen molar-refractivity contribution >= 4 is 20.0 Å². The number of halogens is 6. The van der Waals surface area contributed by atoms with E-state index in [0.29, 0.717) is 0 Å². The second-order valence-electron chi connectivity index (χ2n) is 5.53. The van der Waals surface area contributed by atoms with Crippen LogP contribution in [-0.2, 0) is 20.0 Å². The van der Waals surface area contributed by atoms with Gasteiger partial charge in [0.05, 0.1) is 0 Å². The van der Waals surface area contributed by atoms with E-state index in [4.69, 9.17) is 0 Å². The van der Waals surface area contributed by atoms with Crippen LogP contribution in [0.15, 0.2) is 0 Å². The molecule has 25 heavy (non-hydrogen) atoms. The zero-order valence-electron chi connectivity index (χ0n) is 13.5. The highest BCUT2D eigenvalue weighted by molar-refractivity contribution is 8.05. The Morgan fingerprint density at radius 2 is 1.44 bits per heavy atom. The van der Waals surface area contributed by atoms with Crippen LogP contribution in [0.3, 0.4) is 0 Å². The van der Waals surface area contributed by atoms with Gasteiger partial charge in [0.15, 0.2) is 0 Å². The van der Waals surface area contributed by atoms with Crippen LogP contribution in [0.4, 0.5) is 26.3 Å². The van der Waals surface area contributed by atoms with Gasteiger partial charge in [0.1, 0.15) is 0 Å². The van der Waals surface area contributed by atoms with E-state index in [1.54, 1.807) is 0 Å². The third-order valence-electron chi connectivity index (χ3n) is 3.16. The van der Waals surface area contributed by atoms with Crippen molar-refractivity contribution in [2.24, 2.45) is 5.92 Å². The molecule has 14 heteroatoms. The van der Waals surface area contributed by atoms with Crippen LogP contribution >= 0.6 is 0 Å². The molecule has 0 aliphatic carbocycles. The molecular formula is C11H20F6N2O4S2. The van der Waals surface area contributed by atoms with Crippen molar-refractivity contribution in [2.75, 3.05) is 19.6 Å². The lowest BCUT2D eigenvalue weighted by molar-refractivity contribution is -0.0476. The van der Waals surface area contributed by atoms with Crippen molar-refractivity contribution in [3.8, 4) is 0 Å². The van der Waals surface area contributed by atoms with Crippen LogP contribution in [0.5, 0.6) is 0 Å². The van der Waals surface area contributed by atoms with Gasteiger partial charge in [-0.3, -0.25) is 0 Å². The van der Waals surface area contributed by atoms with Crippen molar-refractivity contribution in [1.29, 1.82) is 0 Å². The van der Waals surface area contributed by atoms with Gasteiger partial charge in [0.2, 0.25) is 0 Å². The molecule has 0 aromatic rings. The van der Waals surface area contributed by atoms with E-state index in [-0.39, 0.29) is 0 Å². The summed E-state index contributed by atoms with van der Waals surface area (Å²) in [5.74, 6) is 0.955. The van der Waals surface area contributed by atoms with Crippen LogP contribution in [-0.4, -0.2) is 52.4 Å². The van der Waals surface area contributed by atoms with Crippen LogP contribution < -0.4 is 4.13 Å². The summed E-state index contributed by atoms with van der Waals surface area (Å²) in [6.45, 7) is 8.65. The van der Waals surface area contributed by atoms with Gasteiger partial charge in [-0.15, -0.1) is 0 Å². The molecule has 1 heterocycles. The first-order valence-electron chi connectivity index (χ1n) is 7.17. The van der Waals surface area contributed by atoms with Crippen molar-refractivity contribution in [3.63, 3.8) is 0 Å². The lowest BCUT2D eigenvalue weighted by Crippen LogP contribution is -2.45. The van der Waals surface area contributed by atoms with Crippen LogP contribution in [0.2, 0.25) is 0 Å². The van der Waals surface area contributed by atoms with Gasteiger partial charge in [-0.25, -0.2) is 16.8 Å². The molecule has 0 radical (unpaired) electrons. The molecule has 1 N–H and O–H groups in total. The number of nitrogens with zero attached hydrogens (tertiary/aromatic N) is 1. The Hall–Kier alpha value is -0.600. The fourth-order valence-corrected chi connectivity index (χ4v) is 3.76. The molecule has 0 saturated carbocycles. The number of unbranched alkanes of at least 4 members (excludes halogenated alkanes) is 1. The minimum absolute atomic E-state index is 0.493. The number of hydrogen-bond acceptors (Lipinski definition) is 5. The molecular weight excluding hydrogens is 402 g/mol. The second-order valence-corrected chi connectivity index (χ2v) is 9.14. The Bertz CT molecular complexity index is 573.